The zero-order valence-electron chi connectivity index (χ0n) is 17.2. The molecule has 1 N–H and O–H groups in total. The Morgan fingerprint density at radius 3 is 2.58 bits per heavy atom. The molecule has 0 bridgehead atoms. The van der Waals surface area contributed by atoms with E-state index in [1.54, 1.807) is 0 Å². The maximum Gasteiger partial charge on any atom is 0.193 e. The number of ether oxygens (including phenoxy) is 2. The van der Waals surface area contributed by atoms with Crippen LogP contribution in [0.5, 0.6) is 0 Å². The lowest BCUT2D eigenvalue weighted by atomic mass is 9.93. The van der Waals surface area contributed by atoms with Crippen molar-refractivity contribution in [2.24, 2.45) is 10.9 Å². The summed E-state index contributed by atoms with van der Waals surface area (Å²) in [6, 6.07) is 0. The summed E-state index contributed by atoms with van der Waals surface area (Å²) in [6.07, 6.45) is 5.36. The predicted octanol–water partition coefficient (Wildman–Crippen LogP) is 1.95. The third-order valence-corrected chi connectivity index (χ3v) is 6.18. The first-order valence-corrected chi connectivity index (χ1v) is 10.4. The fourth-order valence-corrected chi connectivity index (χ4v) is 4.47. The second-order valence-electron chi connectivity index (χ2n) is 8.81. The number of likely N-dealkylation sites (tertiary alicyclic amines) is 1. The van der Waals surface area contributed by atoms with Crippen LogP contribution in [0.25, 0.3) is 0 Å². The molecule has 3 rings (SSSR count). The molecule has 0 saturated carbocycles. The molecule has 0 aliphatic carbocycles. The van der Waals surface area contributed by atoms with Gasteiger partial charge in [0, 0.05) is 45.4 Å². The molecule has 6 nitrogen and oxygen atoms in total. The van der Waals surface area contributed by atoms with Gasteiger partial charge in [0.25, 0.3) is 0 Å². The number of rotatable bonds is 4. The highest BCUT2D eigenvalue weighted by atomic mass is 16.5. The molecule has 3 fully saturated rings. The molecule has 0 spiro atoms. The van der Waals surface area contributed by atoms with Crippen LogP contribution in [0.4, 0.5) is 0 Å². The summed E-state index contributed by atoms with van der Waals surface area (Å²) >= 11 is 0. The Labute approximate surface area is 159 Å². The summed E-state index contributed by atoms with van der Waals surface area (Å²) in [5, 5.41) is 3.64. The summed E-state index contributed by atoms with van der Waals surface area (Å²) in [6.45, 7) is 13.8. The first kappa shape index (κ1) is 19.9. The lowest BCUT2D eigenvalue weighted by Gasteiger charge is -2.44. The highest BCUT2D eigenvalue weighted by Crippen LogP contribution is 2.24. The third-order valence-electron chi connectivity index (χ3n) is 6.18. The second kappa shape index (κ2) is 8.89. The number of aliphatic imine (C=N–C) groups is 1. The number of piperidine rings is 1. The topological polar surface area (TPSA) is 49.3 Å². The molecule has 26 heavy (non-hydrogen) atoms. The van der Waals surface area contributed by atoms with Crippen molar-refractivity contribution in [1.29, 1.82) is 0 Å². The lowest BCUT2D eigenvalue weighted by molar-refractivity contribution is -0.0817. The van der Waals surface area contributed by atoms with Crippen LogP contribution in [0.15, 0.2) is 4.99 Å². The van der Waals surface area contributed by atoms with Crippen LogP contribution in [-0.2, 0) is 9.47 Å². The van der Waals surface area contributed by atoms with Gasteiger partial charge in [0.2, 0.25) is 0 Å². The normalized spacial score (nSPS) is 32.1. The minimum Gasteiger partial charge on any atom is -0.375 e. The number of morpholine rings is 1. The largest absolute Gasteiger partial charge is 0.375 e. The SMILES string of the molecule is CN=C(NCC(C)(C)N1CCCC(C)C1)N1CCOC(C2CCCO2)C1. The van der Waals surface area contributed by atoms with Crippen molar-refractivity contribution in [2.45, 2.75) is 64.2 Å². The molecular formula is C20H38N4O2. The molecule has 0 aromatic heterocycles. The van der Waals surface area contributed by atoms with Crippen LogP contribution >= 0.6 is 0 Å². The average Bonchev–Trinajstić information content (AvgIpc) is 3.17. The standard InChI is InChI=1S/C20H38N4O2/c1-16-7-5-9-24(13-16)20(2,3)15-22-19(21-4)23-10-12-26-18(14-23)17-8-6-11-25-17/h16-18H,5-15H2,1-4H3,(H,21,22). The van der Waals surface area contributed by atoms with Gasteiger partial charge in [-0.25, -0.2) is 0 Å². The molecule has 0 aromatic carbocycles. The van der Waals surface area contributed by atoms with Gasteiger partial charge in [-0.3, -0.25) is 9.89 Å². The van der Waals surface area contributed by atoms with Crippen LogP contribution in [0.2, 0.25) is 0 Å². The van der Waals surface area contributed by atoms with Crippen LogP contribution in [0, 0.1) is 5.92 Å². The van der Waals surface area contributed by atoms with Gasteiger partial charge < -0.3 is 19.7 Å². The predicted molar refractivity (Wildman–Crippen MR) is 106 cm³/mol. The quantitative estimate of drug-likeness (QED) is 0.609. The zero-order valence-corrected chi connectivity index (χ0v) is 17.2. The van der Waals surface area contributed by atoms with E-state index in [4.69, 9.17) is 9.47 Å². The van der Waals surface area contributed by atoms with E-state index in [1.807, 2.05) is 7.05 Å². The molecule has 3 saturated heterocycles. The van der Waals surface area contributed by atoms with Gasteiger partial charge in [-0.2, -0.15) is 0 Å². The number of guanidine groups is 1. The summed E-state index contributed by atoms with van der Waals surface area (Å²) in [5.74, 6) is 1.79. The van der Waals surface area contributed by atoms with Crippen LogP contribution < -0.4 is 5.32 Å². The number of hydrogen-bond donors (Lipinski definition) is 1. The number of hydrogen-bond acceptors (Lipinski definition) is 4. The van der Waals surface area contributed by atoms with E-state index in [2.05, 4.69) is 40.9 Å². The Hall–Kier alpha value is -0.850. The molecule has 0 radical (unpaired) electrons. The van der Waals surface area contributed by atoms with Gasteiger partial charge in [0.05, 0.1) is 12.7 Å². The van der Waals surface area contributed by atoms with Crippen molar-refractivity contribution >= 4 is 5.96 Å². The van der Waals surface area contributed by atoms with Crippen molar-refractivity contribution in [1.82, 2.24) is 15.1 Å². The Balaban J connectivity index is 1.53. The van der Waals surface area contributed by atoms with E-state index in [9.17, 15) is 0 Å². The van der Waals surface area contributed by atoms with Crippen molar-refractivity contribution in [3.8, 4) is 0 Å². The molecule has 3 aliphatic rings. The van der Waals surface area contributed by atoms with Gasteiger partial charge in [-0.1, -0.05) is 6.92 Å². The van der Waals surface area contributed by atoms with Gasteiger partial charge >= 0.3 is 0 Å². The van der Waals surface area contributed by atoms with Crippen molar-refractivity contribution in [2.75, 3.05) is 53.0 Å². The first-order chi connectivity index (χ1) is 12.5. The fourth-order valence-electron chi connectivity index (χ4n) is 4.47. The van der Waals surface area contributed by atoms with E-state index in [-0.39, 0.29) is 17.7 Å². The maximum absolute atomic E-state index is 5.98. The van der Waals surface area contributed by atoms with E-state index in [0.29, 0.717) is 0 Å². The van der Waals surface area contributed by atoms with Gasteiger partial charge in [-0.15, -0.1) is 0 Å². The van der Waals surface area contributed by atoms with Crippen molar-refractivity contribution in [3.05, 3.63) is 0 Å². The molecule has 3 unspecified atom stereocenters. The van der Waals surface area contributed by atoms with E-state index < -0.39 is 0 Å². The maximum atomic E-state index is 5.98. The third kappa shape index (κ3) is 4.90. The first-order valence-electron chi connectivity index (χ1n) is 10.4. The molecule has 3 atom stereocenters. The van der Waals surface area contributed by atoms with Gasteiger partial charge in [0.15, 0.2) is 5.96 Å². The second-order valence-corrected chi connectivity index (χ2v) is 8.81. The number of nitrogens with one attached hydrogen (secondary N) is 1. The fraction of sp³-hybridized carbons (Fsp3) is 0.950. The molecule has 0 aromatic rings. The smallest absolute Gasteiger partial charge is 0.193 e. The lowest BCUT2D eigenvalue weighted by Crippen LogP contribution is -2.58. The van der Waals surface area contributed by atoms with Gasteiger partial charge in [0.1, 0.15) is 6.10 Å². The van der Waals surface area contributed by atoms with E-state index in [0.717, 1.165) is 57.6 Å². The molecule has 3 heterocycles. The summed E-state index contributed by atoms with van der Waals surface area (Å²) in [7, 11) is 1.88. The van der Waals surface area contributed by atoms with Crippen molar-refractivity contribution in [3.63, 3.8) is 0 Å². The Kier molecular flexibility index (Phi) is 6.81. The summed E-state index contributed by atoms with van der Waals surface area (Å²) < 4.78 is 11.8. The van der Waals surface area contributed by atoms with Crippen LogP contribution in [0.1, 0.15) is 46.5 Å². The molecule has 0 amide bonds. The van der Waals surface area contributed by atoms with Crippen molar-refractivity contribution < 1.29 is 9.47 Å². The Morgan fingerprint density at radius 1 is 1.08 bits per heavy atom. The van der Waals surface area contributed by atoms with Gasteiger partial charge in [-0.05, 0) is 52.0 Å². The minimum atomic E-state index is 0.130. The zero-order chi connectivity index (χ0) is 18.6. The van der Waals surface area contributed by atoms with Crippen LogP contribution in [0.3, 0.4) is 0 Å². The molecule has 150 valence electrons. The Morgan fingerprint density at radius 2 is 1.88 bits per heavy atom. The summed E-state index contributed by atoms with van der Waals surface area (Å²) in [5.41, 5.74) is 0.130. The van der Waals surface area contributed by atoms with E-state index in [1.165, 1.54) is 25.9 Å². The number of nitrogens with zero attached hydrogens (tertiary/aromatic N) is 3. The molecular weight excluding hydrogens is 328 g/mol. The molecule has 3 aliphatic heterocycles. The highest BCUT2D eigenvalue weighted by Gasteiger charge is 2.34. The summed E-state index contributed by atoms with van der Waals surface area (Å²) in [4.78, 5) is 9.53. The highest BCUT2D eigenvalue weighted by molar-refractivity contribution is 5.80. The van der Waals surface area contributed by atoms with E-state index >= 15 is 0 Å². The van der Waals surface area contributed by atoms with Crippen LogP contribution in [-0.4, -0.2) is 86.5 Å². The monoisotopic (exact) mass is 366 g/mol. The minimum absolute atomic E-state index is 0.130. The molecule has 6 heteroatoms. The Bertz CT molecular complexity index is 476. The average molecular weight is 367 g/mol.